The number of halogens is 19. The number of amides is 3. The maximum Gasteiger partial charge on any atom is 0.488 e. The Morgan fingerprint density at radius 3 is 0.838 bits per heavy atom. The van der Waals surface area contributed by atoms with Gasteiger partial charge in [0.1, 0.15) is 0 Å². The van der Waals surface area contributed by atoms with Crippen LogP contribution in [0.1, 0.15) is 31.5 Å². The molecular formula is C77H91BBrF18N9O11. The zero-order chi connectivity index (χ0) is 83.5. The number of nitrogens with zero attached hydrogens (tertiary/aromatic N) is 9. The molecule has 0 unspecified atom stereocenters. The molecule has 3 amide bonds. The van der Waals surface area contributed by atoms with Gasteiger partial charge in [-0.15, -0.1) is 0 Å². The number of carbonyl (C=O) groups excluding carboxylic acids is 3. The highest BCUT2D eigenvalue weighted by molar-refractivity contribution is 9.10. The number of alkyl halides is 18. The van der Waals surface area contributed by atoms with Crippen molar-refractivity contribution < 1.29 is 132 Å². The first kappa shape index (κ1) is 95.6. The van der Waals surface area contributed by atoms with E-state index in [2.05, 4.69) is 57.0 Å². The molecule has 0 aliphatic carbocycles. The Kier molecular flexibility index (Phi) is 35.1. The van der Waals surface area contributed by atoms with Crippen LogP contribution in [0.4, 0.5) is 110 Å². The maximum atomic E-state index is 12.7. The third-order valence-electron chi connectivity index (χ3n) is 19.1. The summed E-state index contributed by atoms with van der Waals surface area (Å²) in [6.07, 6.45) is -51.7. The summed E-state index contributed by atoms with van der Waals surface area (Å²) < 4.78 is 257. The first-order valence-corrected chi connectivity index (χ1v) is 37.1. The number of hydrogen-bond donors (Lipinski definition) is 2. The SMILES string of the molecule is C.C.O=C(OC(C(F)(F)F)C(F)(F)F)N1CCN(Cc2ccc(-c3ccccc3)cc2N2CCOCC2)CC1.O=C(OC(C(F)(F)F)C(F)(F)F)N1CCN(Cc2ccc(-c3ccccc3)cc2N2CCOCC2)CC1.O=C(OC(C(F)(F)F)C(F)(F)F)N1CCN(Cc2ccc(Br)cc2N2CCOCC2)CC1.OB(O)c1ccccc1. The predicted molar refractivity (Wildman–Crippen MR) is 404 cm³/mol. The van der Waals surface area contributed by atoms with Gasteiger partial charge >= 0.3 is 62.5 Å². The fraction of sp³-hybridized carbons (Fsp3) is 0.494. The Labute approximate surface area is 673 Å². The molecule has 0 saturated carbocycles. The van der Waals surface area contributed by atoms with Crippen molar-refractivity contribution in [3.8, 4) is 22.3 Å². The summed E-state index contributed by atoms with van der Waals surface area (Å²) in [4.78, 5) is 51.4. The zero-order valence-corrected chi connectivity index (χ0v) is 63.1. The highest BCUT2D eigenvalue weighted by atomic mass is 79.9. The van der Waals surface area contributed by atoms with E-state index in [-0.39, 0.29) is 93.4 Å². The third-order valence-corrected chi connectivity index (χ3v) is 19.6. The second-order valence-corrected chi connectivity index (χ2v) is 28.0. The minimum absolute atomic E-state index is 0. The largest absolute Gasteiger partial charge is 0.488 e. The number of anilines is 3. The normalized spacial score (nSPS) is 17.1. The van der Waals surface area contributed by atoms with Gasteiger partial charge in [0, 0.05) is 159 Å². The van der Waals surface area contributed by atoms with E-state index in [1.807, 2.05) is 124 Å². The van der Waals surface area contributed by atoms with Gasteiger partial charge in [0.25, 0.3) is 18.3 Å². The van der Waals surface area contributed by atoms with Crippen LogP contribution in [-0.2, 0) is 48.1 Å². The Morgan fingerprint density at radius 1 is 0.342 bits per heavy atom. The van der Waals surface area contributed by atoms with Crippen molar-refractivity contribution >= 4 is 63.9 Å². The molecule has 0 radical (unpaired) electrons. The smallest absolute Gasteiger partial charge is 0.426 e. The lowest BCUT2D eigenvalue weighted by atomic mass is 9.81. The van der Waals surface area contributed by atoms with Crippen LogP contribution in [0.2, 0.25) is 0 Å². The van der Waals surface area contributed by atoms with Crippen LogP contribution in [0.25, 0.3) is 22.3 Å². The summed E-state index contributed by atoms with van der Waals surface area (Å²) in [5.74, 6) is 0. The Balaban J connectivity index is 0.000000228. The fourth-order valence-electron chi connectivity index (χ4n) is 13.1. The Morgan fingerprint density at radius 2 is 0.590 bits per heavy atom. The van der Waals surface area contributed by atoms with E-state index >= 15 is 0 Å². The zero-order valence-electron chi connectivity index (χ0n) is 61.5. The van der Waals surface area contributed by atoms with Crippen molar-refractivity contribution in [3.63, 3.8) is 0 Å². The molecule has 646 valence electrons. The molecule has 0 aromatic heterocycles. The predicted octanol–water partition coefficient (Wildman–Crippen LogP) is 14.5. The lowest BCUT2D eigenvalue weighted by Gasteiger charge is -2.36. The van der Waals surface area contributed by atoms with Gasteiger partial charge < -0.3 is 67.9 Å². The lowest BCUT2D eigenvalue weighted by molar-refractivity contribution is -0.309. The number of rotatable bonds is 15. The summed E-state index contributed by atoms with van der Waals surface area (Å²) in [5, 5.41) is 17.2. The van der Waals surface area contributed by atoms with Crippen molar-refractivity contribution in [1.82, 2.24) is 29.4 Å². The highest BCUT2D eigenvalue weighted by Gasteiger charge is 2.62. The molecule has 6 aromatic carbocycles. The molecule has 20 nitrogen and oxygen atoms in total. The number of carbonyl (C=O) groups is 3. The molecular weight excluding hydrogens is 1660 g/mol. The van der Waals surface area contributed by atoms with Gasteiger partial charge in [-0.25, -0.2) is 14.4 Å². The number of morpholine rings is 3. The van der Waals surface area contributed by atoms with E-state index < -0.39 is 80.8 Å². The summed E-state index contributed by atoms with van der Waals surface area (Å²) in [5.41, 5.74) is 11.0. The molecule has 6 saturated heterocycles. The summed E-state index contributed by atoms with van der Waals surface area (Å²) in [7, 11) is -1.34. The van der Waals surface area contributed by atoms with Gasteiger partial charge in [-0.1, -0.05) is 152 Å². The third kappa shape index (κ3) is 28.6. The van der Waals surface area contributed by atoms with Gasteiger partial charge in [0.15, 0.2) is 0 Å². The summed E-state index contributed by atoms with van der Waals surface area (Å²) >= 11 is 3.47. The van der Waals surface area contributed by atoms with Crippen LogP contribution < -0.4 is 20.2 Å². The standard InChI is InChI=1S/2C25H27F6N3O3.C19H22BrF6N3O3.C6H7BO2.2CH4/c2*26-24(27,28)22(25(29,30)31)37-23(35)34-10-8-32(9-11-34)17-20-7-6-19(18-4-2-1-3-5-18)16-21(20)33-12-14-36-15-13-33;20-14-2-1-13(15(11-14)28-7-9-31-10-8-28)12-27-3-5-29(6-4-27)17(30)32-16(18(21,22)23)19(24,25)26;8-7(9)6-4-2-1-3-5-6;;/h2*1-7,16,22H,8-15,17H2;1-2,11,16H,3-10,12H2;1-5,8-9H;2*1H4. The molecule has 6 fully saturated rings. The molecule has 12 rings (SSSR count). The number of benzene rings is 6. The van der Waals surface area contributed by atoms with E-state index in [1.165, 1.54) is 0 Å². The van der Waals surface area contributed by atoms with Crippen molar-refractivity contribution in [2.45, 2.75) is 89.9 Å². The molecule has 0 bridgehead atoms. The maximum absolute atomic E-state index is 12.7. The molecule has 117 heavy (non-hydrogen) atoms. The summed E-state index contributed by atoms with van der Waals surface area (Å²) in [6, 6.07) is 46.8. The molecule has 0 atom stereocenters. The van der Waals surface area contributed by atoms with Gasteiger partial charge in [-0.05, 0) is 68.7 Å². The quantitative estimate of drug-likeness (QED) is 0.0563. The molecule has 6 aliphatic rings. The van der Waals surface area contributed by atoms with Crippen LogP contribution >= 0.6 is 15.9 Å². The lowest BCUT2D eigenvalue weighted by Crippen LogP contribution is -2.52. The van der Waals surface area contributed by atoms with Crippen LogP contribution in [0.3, 0.4) is 0 Å². The van der Waals surface area contributed by atoms with Crippen molar-refractivity contribution in [2.75, 3.05) is 172 Å². The average molecular weight is 1750 g/mol. The van der Waals surface area contributed by atoms with Crippen LogP contribution in [0.15, 0.2) is 150 Å². The van der Waals surface area contributed by atoms with E-state index in [9.17, 15) is 93.4 Å². The fourth-order valence-corrected chi connectivity index (χ4v) is 13.4. The van der Waals surface area contributed by atoms with Gasteiger partial charge in [0.05, 0.1) is 39.6 Å². The molecule has 2 N–H and O–H groups in total. The first-order chi connectivity index (χ1) is 54.3. The molecule has 40 heteroatoms. The van der Waals surface area contributed by atoms with Gasteiger partial charge in [-0.3, -0.25) is 14.7 Å². The van der Waals surface area contributed by atoms with Crippen LogP contribution in [-0.4, -0.2) is 278 Å². The average Bonchev–Trinajstić information content (AvgIpc) is 0.825. The van der Waals surface area contributed by atoms with Gasteiger partial charge in [0.2, 0.25) is 0 Å². The van der Waals surface area contributed by atoms with E-state index in [0.717, 1.165) is 114 Å². The molecule has 6 aliphatic heterocycles. The van der Waals surface area contributed by atoms with E-state index in [1.54, 1.807) is 24.3 Å². The molecule has 6 heterocycles. The van der Waals surface area contributed by atoms with Crippen molar-refractivity contribution in [3.05, 3.63) is 167 Å². The number of piperazine rings is 3. The van der Waals surface area contributed by atoms with Crippen molar-refractivity contribution in [1.29, 1.82) is 0 Å². The molecule has 0 spiro atoms. The number of ether oxygens (including phenoxy) is 6. The second-order valence-electron chi connectivity index (χ2n) is 27.1. The van der Waals surface area contributed by atoms with E-state index in [0.29, 0.717) is 64.7 Å². The highest BCUT2D eigenvalue weighted by Crippen LogP contribution is 2.41. The Bertz CT molecular complexity index is 3820. The summed E-state index contributed by atoms with van der Waals surface area (Å²) in [6.45, 7) is 11.0. The van der Waals surface area contributed by atoms with E-state index in [4.69, 9.17) is 24.3 Å². The molecule has 6 aromatic rings. The van der Waals surface area contributed by atoms with Crippen LogP contribution in [0, 0.1) is 0 Å². The first-order valence-electron chi connectivity index (χ1n) is 36.3. The minimum Gasteiger partial charge on any atom is -0.426 e. The van der Waals surface area contributed by atoms with Crippen molar-refractivity contribution in [2.24, 2.45) is 0 Å². The van der Waals surface area contributed by atoms with Crippen LogP contribution in [0.5, 0.6) is 0 Å². The van der Waals surface area contributed by atoms with Gasteiger partial charge in [-0.2, -0.15) is 79.0 Å². The Hall–Kier alpha value is -8.51. The minimum atomic E-state index is -5.74. The second kappa shape index (κ2) is 42.9. The topological polar surface area (TPSA) is 176 Å². The number of hydrogen-bond acceptors (Lipinski definition) is 17. The monoisotopic (exact) mass is 1750 g/mol.